The molecule has 0 aliphatic heterocycles. The van der Waals surface area contributed by atoms with E-state index in [0.717, 1.165) is 6.42 Å². The minimum Gasteiger partial charge on any atom is -0.352 e. The SMILES string of the molecule is Cc1cc(C(=O)NCCC(C)(C)C)cc(S(=O)(=O)Cl)c1Br. The fourth-order valence-corrected chi connectivity index (χ4v) is 3.85. The van der Waals surface area contributed by atoms with Gasteiger partial charge in [-0.2, -0.15) is 0 Å². The van der Waals surface area contributed by atoms with Crippen molar-refractivity contribution >= 4 is 41.6 Å². The third-order valence-electron chi connectivity index (χ3n) is 2.91. The van der Waals surface area contributed by atoms with Gasteiger partial charge in [-0.05, 0) is 52.4 Å². The summed E-state index contributed by atoms with van der Waals surface area (Å²) in [6, 6.07) is 2.91. The van der Waals surface area contributed by atoms with Crippen molar-refractivity contribution in [3.05, 3.63) is 27.7 Å². The molecule has 0 atom stereocenters. The van der Waals surface area contributed by atoms with Gasteiger partial charge in [0.15, 0.2) is 0 Å². The van der Waals surface area contributed by atoms with Gasteiger partial charge in [0.05, 0.1) is 4.90 Å². The van der Waals surface area contributed by atoms with Crippen molar-refractivity contribution in [2.75, 3.05) is 6.54 Å². The first kappa shape index (κ1) is 18.5. The molecule has 0 unspecified atom stereocenters. The van der Waals surface area contributed by atoms with Crippen LogP contribution in [0.15, 0.2) is 21.5 Å². The highest BCUT2D eigenvalue weighted by Gasteiger charge is 2.20. The molecule has 0 heterocycles. The number of carbonyl (C=O) groups is 1. The second-order valence-corrected chi connectivity index (χ2v) is 9.44. The number of halogens is 2. The molecule has 0 radical (unpaired) electrons. The number of nitrogens with one attached hydrogen (secondary N) is 1. The highest BCUT2D eigenvalue weighted by atomic mass is 79.9. The Morgan fingerprint density at radius 3 is 2.38 bits per heavy atom. The molecule has 1 aromatic rings. The van der Waals surface area contributed by atoms with E-state index in [-0.39, 0.29) is 21.8 Å². The minimum atomic E-state index is -3.91. The molecule has 0 bridgehead atoms. The van der Waals surface area contributed by atoms with Crippen LogP contribution in [0.4, 0.5) is 0 Å². The average Bonchev–Trinajstić information content (AvgIpc) is 2.29. The number of hydrogen-bond donors (Lipinski definition) is 1. The summed E-state index contributed by atoms with van der Waals surface area (Å²) in [6.45, 7) is 8.49. The van der Waals surface area contributed by atoms with Crippen LogP contribution in [0.3, 0.4) is 0 Å². The van der Waals surface area contributed by atoms with E-state index in [2.05, 4.69) is 42.0 Å². The lowest BCUT2D eigenvalue weighted by atomic mass is 9.92. The van der Waals surface area contributed by atoms with E-state index in [9.17, 15) is 13.2 Å². The van der Waals surface area contributed by atoms with Crippen molar-refractivity contribution in [3.63, 3.8) is 0 Å². The Morgan fingerprint density at radius 2 is 1.90 bits per heavy atom. The van der Waals surface area contributed by atoms with E-state index >= 15 is 0 Å². The average molecular weight is 397 g/mol. The van der Waals surface area contributed by atoms with Crippen LogP contribution in [0, 0.1) is 12.3 Å². The maximum atomic E-state index is 12.1. The third kappa shape index (κ3) is 5.60. The summed E-state index contributed by atoms with van der Waals surface area (Å²) in [6.07, 6.45) is 0.828. The van der Waals surface area contributed by atoms with Gasteiger partial charge in [-0.15, -0.1) is 0 Å². The van der Waals surface area contributed by atoms with Crippen LogP contribution < -0.4 is 5.32 Å². The molecule has 7 heteroatoms. The molecule has 1 rings (SSSR count). The van der Waals surface area contributed by atoms with E-state index < -0.39 is 9.05 Å². The van der Waals surface area contributed by atoms with Crippen molar-refractivity contribution in [1.29, 1.82) is 0 Å². The molecule has 1 amide bonds. The number of carbonyl (C=O) groups excluding carboxylic acids is 1. The first-order chi connectivity index (χ1) is 9.42. The maximum absolute atomic E-state index is 12.1. The summed E-state index contributed by atoms with van der Waals surface area (Å²) < 4.78 is 23.4. The predicted octanol–water partition coefficient (Wildman–Crippen LogP) is 3.85. The van der Waals surface area contributed by atoms with Gasteiger partial charge in [0.1, 0.15) is 0 Å². The second-order valence-electron chi connectivity index (χ2n) is 6.11. The lowest BCUT2D eigenvalue weighted by Crippen LogP contribution is -2.27. The molecule has 21 heavy (non-hydrogen) atoms. The number of amides is 1. The van der Waals surface area contributed by atoms with Gasteiger partial charge in [0.25, 0.3) is 15.0 Å². The summed E-state index contributed by atoms with van der Waals surface area (Å²) in [5.74, 6) is -0.309. The summed E-state index contributed by atoms with van der Waals surface area (Å²) in [4.78, 5) is 12.0. The lowest BCUT2D eigenvalue weighted by molar-refractivity contribution is 0.0949. The first-order valence-electron chi connectivity index (χ1n) is 6.45. The molecule has 0 aliphatic rings. The molecular weight excluding hydrogens is 378 g/mol. The van der Waals surface area contributed by atoms with Gasteiger partial charge < -0.3 is 5.32 Å². The molecule has 0 fully saturated rings. The van der Waals surface area contributed by atoms with Crippen LogP contribution in [0.1, 0.15) is 43.1 Å². The Hall–Kier alpha value is -0.590. The predicted molar refractivity (Wildman–Crippen MR) is 88.3 cm³/mol. The Bertz CT molecular complexity index is 651. The zero-order valence-electron chi connectivity index (χ0n) is 12.5. The van der Waals surface area contributed by atoms with Gasteiger partial charge in [-0.3, -0.25) is 4.79 Å². The van der Waals surface area contributed by atoms with Gasteiger partial charge in [0, 0.05) is 27.3 Å². The normalized spacial score (nSPS) is 12.3. The molecule has 4 nitrogen and oxygen atoms in total. The van der Waals surface area contributed by atoms with E-state index in [1.807, 2.05) is 0 Å². The van der Waals surface area contributed by atoms with Crippen molar-refractivity contribution < 1.29 is 13.2 Å². The maximum Gasteiger partial charge on any atom is 0.262 e. The van der Waals surface area contributed by atoms with E-state index in [0.29, 0.717) is 16.6 Å². The molecule has 0 saturated heterocycles. The van der Waals surface area contributed by atoms with Crippen LogP contribution in [-0.4, -0.2) is 20.9 Å². The molecule has 0 aliphatic carbocycles. The van der Waals surface area contributed by atoms with Crippen molar-refractivity contribution in [2.45, 2.75) is 39.0 Å². The van der Waals surface area contributed by atoms with Crippen LogP contribution in [0.5, 0.6) is 0 Å². The molecular formula is C14H19BrClNO3S. The second kappa shape index (κ2) is 6.67. The zero-order chi connectivity index (χ0) is 16.4. The molecule has 118 valence electrons. The highest BCUT2D eigenvalue weighted by Crippen LogP contribution is 2.29. The van der Waals surface area contributed by atoms with Crippen molar-refractivity contribution in [1.82, 2.24) is 5.32 Å². The van der Waals surface area contributed by atoms with Crippen LogP contribution >= 0.6 is 26.6 Å². The largest absolute Gasteiger partial charge is 0.352 e. The third-order valence-corrected chi connectivity index (χ3v) is 5.57. The van der Waals surface area contributed by atoms with E-state index in [1.165, 1.54) is 6.07 Å². The number of aryl methyl sites for hydroxylation is 1. The quantitative estimate of drug-likeness (QED) is 0.786. The number of benzene rings is 1. The van der Waals surface area contributed by atoms with E-state index in [1.54, 1.807) is 13.0 Å². The number of hydrogen-bond acceptors (Lipinski definition) is 3. The molecule has 0 saturated carbocycles. The van der Waals surface area contributed by atoms with Crippen molar-refractivity contribution in [2.24, 2.45) is 5.41 Å². The summed E-state index contributed by atoms with van der Waals surface area (Å²) in [7, 11) is 1.48. The molecule has 0 aromatic heterocycles. The van der Waals surface area contributed by atoms with Crippen LogP contribution in [-0.2, 0) is 9.05 Å². The summed E-state index contributed by atoms with van der Waals surface area (Å²) in [5, 5.41) is 2.79. The number of rotatable bonds is 4. The highest BCUT2D eigenvalue weighted by molar-refractivity contribution is 9.10. The molecule has 0 spiro atoms. The minimum absolute atomic E-state index is 0.0925. The zero-order valence-corrected chi connectivity index (χ0v) is 15.6. The Balaban J connectivity index is 2.99. The first-order valence-corrected chi connectivity index (χ1v) is 9.55. The van der Waals surface area contributed by atoms with Crippen molar-refractivity contribution in [3.8, 4) is 0 Å². The van der Waals surface area contributed by atoms with Gasteiger partial charge in [-0.1, -0.05) is 20.8 Å². The fourth-order valence-electron chi connectivity index (χ4n) is 1.70. The Labute approximate surface area is 138 Å². The summed E-state index contributed by atoms with van der Waals surface area (Å²) >= 11 is 3.18. The smallest absolute Gasteiger partial charge is 0.262 e. The topological polar surface area (TPSA) is 63.2 Å². The Kier molecular flexibility index (Phi) is 5.86. The summed E-state index contributed by atoms with van der Waals surface area (Å²) in [5.41, 5.74) is 1.04. The lowest BCUT2D eigenvalue weighted by Gasteiger charge is -2.18. The Morgan fingerprint density at radius 1 is 1.33 bits per heavy atom. The monoisotopic (exact) mass is 395 g/mol. The molecule has 1 aromatic carbocycles. The standard InChI is InChI=1S/C14H19BrClNO3S/c1-9-7-10(8-11(12(9)15)21(16,19)20)13(18)17-6-5-14(2,3)4/h7-8H,5-6H2,1-4H3,(H,17,18). The van der Waals surface area contributed by atoms with Gasteiger partial charge in [0.2, 0.25) is 0 Å². The van der Waals surface area contributed by atoms with E-state index in [4.69, 9.17) is 10.7 Å². The van der Waals surface area contributed by atoms with Crippen LogP contribution in [0.25, 0.3) is 0 Å². The van der Waals surface area contributed by atoms with Gasteiger partial charge in [-0.25, -0.2) is 8.42 Å². The fraction of sp³-hybridized carbons (Fsp3) is 0.500. The molecule has 1 N–H and O–H groups in total. The van der Waals surface area contributed by atoms with Gasteiger partial charge >= 0.3 is 0 Å². The van der Waals surface area contributed by atoms with Crippen LogP contribution in [0.2, 0.25) is 0 Å².